The lowest BCUT2D eigenvalue weighted by atomic mass is 10.2. The molecular weight excluding hydrogens is 344 g/mol. The normalized spacial score (nSPS) is 10.9. The minimum Gasteiger partial charge on any atom is -0.497 e. The smallest absolute Gasteiger partial charge is 0.249 e. The molecule has 0 bridgehead atoms. The van der Waals surface area contributed by atoms with Gasteiger partial charge in [0.2, 0.25) is 17.7 Å². The lowest BCUT2D eigenvalue weighted by Crippen LogP contribution is -2.18. The number of nitrogens with one attached hydrogen (secondary N) is 1. The van der Waals surface area contributed by atoms with Crippen molar-refractivity contribution < 1.29 is 13.9 Å². The molecule has 0 aliphatic carbocycles. The molecule has 4 rings (SSSR count). The van der Waals surface area contributed by atoms with Gasteiger partial charge in [0.05, 0.1) is 12.7 Å². The van der Waals surface area contributed by atoms with Gasteiger partial charge in [-0.05, 0) is 30.3 Å². The highest BCUT2D eigenvalue weighted by Crippen LogP contribution is 2.29. The molecule has 0 saturated carbocycles. The molecule has 0 spiro atoms. The summed E-state index contributed by atoms with van der Waals surface area (Å²) in [7, 11) is 1.60. The molecule has 0 aliphatic rings. The molecule has 0 atom stereocenters. The second-order valence-corrected chi connectivity index (χ2v) is 6.09. The van der Waals surface area contributed by atoms with Crippen LogP contribution in [0.3, 0.4) is 0 Å². The number of amides is 1. The molecule has 1 amide bonds. The highest BCUT2D eigenvalue weighted by Gasteiger charge is 2.16. The summed E-state index contributed by atoms with van der Waals surface area (Å²) in [6, 6.07) is 15.0. The van der Waals surface area contributed by atoms with Crippen LogP contribution in [0.15, 0.2) is 59.1 Å². The maximum atomic E-state index is 12.5. The van der Waals surface area contributed by atoms with Gasteiger partial charge in [-0.1, -0.05) is 18.2 Å². The number of ether oxygens (including phenoxy) is 1. The number of hydrogen-bond donors (Lipinski definition) is 1. The lowest BCUT2D eigenvalue weighted by molar-refractivity contribution is -0.116. The Morgan fingerprint density at radius 3 is 2.63 bits per heavy atom. The van der Waals surface area contributed by atoms with Crippen molar-refractivity contribution in [2.75, 3.05) is 12.4 Å². The van der Waals surface area contributed by atoms with Gasteiger partial charge in [0.25, 0.3) is 0 Å². The number of nitrogens with zero attached hydrogens (tertiary/aromatic N) is 3. The second-order valence-electron chi connectivity index (χ2n) is 6.09. The van der Waals surface area contributed by atoms with Crippen molar-refractivity contribution in [1.29, 1.82) is 0 Å². The standard InChI is InChI=1S/C20H18N4O3/c1-13-22-23-20(27-13)17-11-24(18-6-4-3-5-16(17)18)12-19(25)21-14-7-9-15(26-2)10-8-14/h3-11H,12H2,1-2H3,(H,21,25). The maximum absolute atomic E-state index is 12.5. The molecule has 2 aromatic carbocycles. The van der Waals surface area contributed by atoms with Crippen molar-refractivity contribution in [3.63, 3.8) is 0 Å². The summed E-state index contributed by atoms with van der Waals surface area (Å²) in [5.74, 6) is 1.55. The molecule has 0 unspecified atom stereocenters. The van der Waals surface area contributed by atoms with Gasteiger partial charge in [-0.3, -0.25) is 4.79 Å². The van der Waals surface area contributed by atoms with E-state index in [-0.39, 0.29) is 12.5 Å². The van der Waals surface area contributed by atoms with Crippen molar-refractivity contribution in [1.82, 2.24) is 14.8 Å². The molecule has 0 saturated heterocycles. The molecule has 2 aromatic heterocycles. The minimum atomic E-state index is -0.130. The summed E-state index contributed by atoms with van der Waals surface area (Å²) in [5, 5.41) is 11.8. The molecule has 1 N–H and O–H groups in total. The highest BCUT2D eigenvalue weighted by atomic mass is 16.5. The predicted octanol–water partition coefficient (Wildman–Crippen LogP) is 3.65. The van der Waals surface area contributed by atoms with Crippen LogP contribution in [0.5, 0.6) is 5.75 Å². The average molecular weight is 362 g/mol. The molecule has 27 heavy (non-hydrogen) atoms. The molecule has 0 radical (unpaired) electrons. The van der Waals surface area contributed by atoms with E-state index in [1.54, 1.807) is 38.3 Å². The first-order chi connectivity index (χ1) is 13.1. The zero-order chi connectivity index (χ0) is 18.8. The van der Waals surface area contributed by atoms with E-state index in [9.17, 15) is 4.79 Å². The Hall–Kier alpha value is -3.61. The summed E-state index contributed by atoms with van der Waals surface area (Å²) in [4.78, 5) is 12.5. The maximum Gasteiger partial charge on any atom is 0.249 e. The zero-order valence-electron chi connectivity index (χ0n) is 15.0. The van der Waals surface area contributed by atoms with E-state index in [0.29, 0.717) is 17.5 Å². The number of aryl methyl sites for hydroxylation is 1. The van der Waals surface area contributed by atoms with Gasteiger partial charge in [-0.2, -0.15) is 0 Å². The highest BCUT2D eigenvalue weighted by molar-refractivity contribution is 5.96. The van der Waals surface area contributed by atoms with Crippen LogP contribution in [0, 0.1) is 6.92 Å². The average Bonchev–Trinajstić information content (AvgIpc) is 3.26. The largest absolute Gasteiger partial charge is 0.497 e. The number of hydrogen-bond acceptors (Lipinski definition) is 5. The van der Waals surface area contributed by atoms with Crippen molar-refractivity contribution >= 4 is 22.5 Å². The van der Waals surface area contributed by atoms with E-state index in [4.69, 9.17) is 9.15 Å². The number of para-hydroxylation sites is 1. The summed E-state index contributed by atoms with van der Waals surface area (Å²) >= 11 is 0. The van der Waals surface area contributed by atoms with Crippen LogP contribution in [0.4, 0.5) is 5.69 Å². The predicted molar refractivity (Wildman–Crippen MR) is 102 cm³/mol. The molecule has 7 heteroatoms. The van der Waals surface area contributed by atoms with Crippen LogP contribution in [0.1, 0.15) is 5.89 Å². The minimum absolute atomic E-state index is 0.130. The van der Waals surface area contributed by atoms with Crippen LogP contribution in [-0.4, -0.2) is 27.8 Å². The van der Waals surface area contributed by atoms with E-state index in [0.717, 1.165) is 22.2 Å². The third-order valence-electron chi connectivity index (χ3n) is 4.23. The fraction of sp³-hybridized carbons (Fsp3) is 0.150. The van der Waals surface area contributed by atoms with Crippen molar-refractivity contribution in [3.05, 3.63) is 60.6 Å². The molecule has 2 heterocycles. The summed E-state index contributed by atoms with van der Waals surface area (Å²) in [6.07, 6.45) is 1.87. The van der Waals surface area contributed by atoms with Crippen LogP contribution in [0.25, 0.3) is 22.4 Å². The Morgan fingerprint density at radius 2 is 1.93 bits per heavy atom. The van der Waals surface area contributed by atoms with Crippen molar-refractivity contribution in [2.24, 2.45) is 0 Å². The van der Waals surface area contributed by atoms with Crippen molar-refractivity contribution in [3.8, 4) is 17.2 Å². The first-order valence-corrected chi connectivity index (χ1v) is 8.46. The van der Waals surface area contributed by atoms with Gasteiger partial charge in [-0.15, -0.1) is 10.2 Å². The summed E-state index contributed by atoms with van der Waals surface area (Å²) in [5.41, 5.74) is 2.45. The van der Waals surface area contributed by atoms with Gasteiger partial charge in [0.15, 0.2) is 0 Å². The zero-order valence-corrected chi connectivity index (χ0v) is 15.0. The van der Waals surface area contributed by atoms with Gasteiger partial charge in [-0.25, -0.2) is 0 Å². The second kappa shape index (κ2) is 6.95. The Labute approximate surface area is 155 Å². The Morgan fingerprint density at radius 1 is 1.15 bits per heavy atom. The molecule has 0 fully saturated rings. The monoisotopic (exact) mass is 362 g/mol. The van der Waals surface area contributed by atoms with E-state index in [1.165, 1.54) is 0 Å². The van der Waals surface area contributed by atoms with Crippen LogP contribution >= 0.6 is 0 Å². The van der Waals surface area contributed by atoms with Crippen LogP contribution in [0.2, 0.25) is 0 Å². The molecular formula is C20H18N4O3. The summed E-state index contributed by atoms with van der Waals surface area (Å²) in [6.45, 7) is 1.91. The SMILES string of the molecule is COc1ccc(NC(=O)Cn2cc(-c3nnc(C)o3)c3ccccc32)cc1. The van der Waals surface area contributed by atoms with Gasteiger partial charge in [0.1, 0.15) is 12.3 Å². The first-order valence-electron chi connectivity index (χ1n) is 8.46. The van der Waals surface area contributed by atoms with Crippen LogP contribution in [-0.2, 0) is 11.3 Å². The molecule has 0 aliphatic heterocycles. The number of rotatable bonds is 5. The lowest BCUT2D eigenvalue weighted by Gasteiger charge is -2.08. The third kappa shape index (κ3) is 3.39. The third-order valence-corrected chi connectivity index (χ3v) is 4.23. The number of carbonyl (C=O) groups excluding carboxylic acids is 1. The van der Waals surface area contributed by atoms with Gasteiger partial charge >= 0.3 is 0 Å². The van der Waals surface area contributed by atoms with Crippen molar-refractivity contribution in [2.45, 2.75) is 13.5 Å². The first kappa shape index (κ1) is 16.8. The van der Waals surface area contributed by atoms with E-state index in [2.05, 4.69) is 15.5 Å². The van der Waals surface area contributed by atoms with Crippen LogP contribution < -0.4 is 10.1 Å². The van der Waals surface area contributed by atoms with E-state index in [1.807, 2.05) is 35.0 Å². The van der Waals surface area contributed by atoms with Gasteiger partial charge in [0, 0.05) is 29.7 Å². The molecule has 7 nitrogen and oxygen atoms in total. The molecule has 136 valence electrons. The number of benzene rings is 2. The number of methoxy groups -OCH3 is 1. The number of anilines is 1. The van der Waals surface area contributed by atoms with E-state index < -0.39 is 0 Å². The summed E-state index contributed by atoms with van der Waals surface area (Å²) < 4.78 is 12.6. The Bertz CT molecular complexity index is 1100. The fourth-order valence-electron chi connectivity index (χ4n) is 2.98. The fourth-order valence-corrected chi connectivity index (χ4v) is 2.98. The van der Waals surface area contributed by atoms with Gasteiger partial charge < -0.3 is 19.0 Å². The number of carbonyl (C=O) groups is 1. The Kier molecular flexibility index (Phi) is 4.33. The quantitative estimate of drug-likeness (QED) is 0.586. The van der Waals surface area contributed by atoms with E-state index >= 15 is 0 Å². The number of fused-ring (bicyclic) bond motifs is 1. The molecule has 4 aromatic rings. The number of aromatic nitrogens is 3. The topological polar surface area (TPSA) is 82.2 Å². The Balaban J connectivity index is 1.60.